The highest BCUT2D eigenvalue weighted by Crippen LogP contribution is 2.25. The van der Waals surface area contributed by atoms with E-state index in [1.165, 1.54) is 16.6 Å². The zero-order valence-corrected chi connectivity index (χ0v) is 18.6. The van der Waals surface area contributed by atoms with E-state index < -0.39 is 0 Å². The maximum absolute atomic E-state index is 12.7. The molecule has 0 radical (unpaired) electrons. The Balaban J connectivity index is 1.30. The fourth-order valence-electron chi connectivity index (χ4n) is 2.86. The molecule has 0 fully saturated rings. The largest absolute Gasteiger partial charge is 0.457 e. The zero-order valence-electron chi connectivity index (χ0n) is 17.0. The quantitative estimate of drug-likeness (QED) is 0.341. The molecule has 4 aromatic rings. The number of rotatable bonds is 9. The van der Waals surface area contributed by atoms with Gasteiger partial charge in [-0.25, -0.2) is 0 Å². The van der Waals surface area contributed by atoms with Crippen LogP contribution in [0.5, 0.6) is 11.5 Å². The Bertz CT molecular complexity index is 1100. The first-order chi connectivity index (χ1) is 15.2. The number of aromatic nitrogens is 3. The number of hydrogen-bond acceptors (Lipinski definition) is 6. The van der Waals surface area contributed by atoms with Gasteiger partial charge in [-0.05, 0) is 61.2 Å². The smallest absolute Gasteiger partial charge is 0.237 e. The second-order valence-corrected chi connectivity index (χ2v) is 9.17. The van der Waals surface area contributed by atoms with Gasteiger partial charge in [-0.3, -0.25) is 4.79 Å². The second kappa shape index (κ2) is 10.3. The summed E-state index contributed by atoms with van der Waals surface area (Å²) in [5.41, 5.74) is 0.719. The monoisotopic (exact) mass is 450 g/mol. The van der Waals surface area contributed by atoms with Gasteiger partial charge in [-0.1, -0.05) is 36.0 Å². The molecule has 0 saturated carbocycles. The van der Waals surface area contributed by atoms with E-state index in [-0.39, 0.29) is 11.2 Å². The normalized spacial score (nSPS) is 11.8. The summed E-state index contributed by atoms with van der Waals surface area (Å²) in [5.74, 6) is 1.40. The van der Waals surface area contributed by atoms with Crippen LogP contribution in [0.15, 0.2) is 83.6 Å². The number of nitrogens with zero attached hydrogens (tertiary/aromatic N) is 3. The molecule has 0 bridgehead atoms. The second-order valence-electron chi connectivity index (χ2n) is 6.83. The summed E-state index contributed by atoms with van der Waals surface area (Å²) < 4.78 is 7.77. The van der Waals surface area contributed by atoms with Crippen LogP contribution in [0.25, 0.3) is 0 Å². The SMILES string of the molecule is CC(Sc1nncn1CCc1cccs1)C(=O)Nc1ccc(Oc2ccccc2)cc1. The minimum absolute atomic E-state index is 0.0884. The lowest BCUT2D eigenvalue weighted by molar-refractivity contribution is -0.115. The van der Waals surface area contributed by atoms with E-state index in [1.54, 1.807) is 17.7 Å². The van der Waals surface area contributed by atoms with Crippen LogP contribution in [-0.4, -0.2) is 25.9 Å². The highest BCUT2D eigenvalue weighted by molar-refractivity contribution is 8.00. The van der Waals surface area contributed by atoms with Crippen LogP contribution < -0.4 is 10.1 Å². The van der Waals surface area contributed by atoms with Crippen molar-refractivity contribution in [1.29, 1.82) is 0 Å². The predicted octanol–water partition coefficient (Wildman–Crippen LogP) is 5.49. The highest BCUT2D eigenvalue weighted by Gasteiger charge is 2.18. The molecule has 0 spiro atoms. The van der Waals surface area contributed by atoms with Gasteiger partial charge in [0.25, 0.3) is 0 Å². The molecule has 0 aliphatic heterocycles. The van der Waals surface area contributed by atoms with Crippen molar-refractivity contribution in [3.8, 4) is 11.5 Å². The fraction of sp³-hybridized carbons (Fsp3) is 0.174. The Morgan fingerprint density at radius 2 is 1.87 bits per heavy atom. The third kappa shape index (κ3) is 5.96. The number of hydrogen-bond donors (Lipinski definition) is 1. The maximum Gasteiger partial charge on any atom is 0.237 e. The molecule has 0 saturated heterocycles. The maximum atomic E-state index is 12.7. The van der Waals surface area contributed by atoms with E-state index in [2.05, 4.69) is 33.0 Å². The Morgan fingerprint density at radius 3 is 2.61 bits per heavy atom. The van der Waals surface area contributed by atoms with E-state index in [1.807, 2.05) is 66.1 Å². The van der Waals surface area contributed by atoms with Crippen LogP contribution in [-0.2, 0) is 17.8 Å². The third-order valence-corrected chi connectivity index (χ3v) is 6.54. The summed E-state index contributed by atoms with van der Waals surface area (Å²) in [6.07, 6.45) is 2.63. The van der Waals surface area contributed by atoms with Crippen molar-refractivity contribution in [3.05, 3.63) is 83.3 Å². The summed E-state index contributed by atoms with van der Waals surface area (Å²) in [6.45, 7) is 2.65. The number of aryl methyl sites for hydroxylation is 2. The lowest BCUT2D eigenvalue weighted by Crippen LogP contribution is -2.23. The molecule has 2 aromatic carbocycles. The Kier molecular flexibility index (Phi) is 7.01. The number of ether oxygens (including phenoxy) is 1. The van der Waals surface area contributed by atoms with Crippen molar-refractivity contribution in [2.24, 2.45) is 0 Å². The van der Waals surface area contributed by atoms with E-state index in [0.29, 0.717) is 5.75 Å². The first-order valence-electron chi connectivity index (χ1n) is 9.88. The van der Waals surface area contributed by atoms with Gasteiger partial charge >= 0.3 is 0 Å². The number of amides is 1. The molecule has 1 unspecified atom stereocenters. The van der Waals surface area contributed by atoms with Gasteiger partial charge in [-0.15, -0.1) is 21.5 Å². The van der Waals surface area contributed by atoms with E-state index in [4.69, 9.17) is 4.74 Å². The summed E-state index contributed by atoms with van der Waals surface area (Å²) in [4.78, 5) is 14.0. The minimum atomic E-state index is -0.315. The number of carbonyl (C=O) groups is 1. The lowest BCUT2D eigenvalue weighted by atomic mass is 10.3. The van der Waals surface area contributed by atoms with Crippen LogP contribution in [0.3, 0.4) is 0 Å². The number of anilines is 1. The highest BCUT2D eigenvalue weighted by atomic mass is 32.2. The topological polar surface area (TPSA) is 69.0 Å². The third-order valence-electron chi connectivity index (χ3n) is 4.51. The van der Waals surface area contributed by atoms with Crippen molar-refractivity contribution in [3.63, 3.8) is 0 Å². The Labute approximate surface area is 189 Å². The van der Waals surface area contributed by atoms with Crippen LogP contribution in [0, 0.1) is 0 Å². The van der Waals surface area contributed by atoms with Gasteiger partial charge in [0.1, 0.15) is 17.8 Å². The first kappa shape index (κ1) is 21.1. The minimum Gasteiger partial charge on any atom is -0.457 e. The molecule has 1 amide bonds. The number of benzene rings is 2. The van der Waals surface area contributed by atoms with Gasteiger partial charge in [-0.2, -0.15) is 0 Å². The van der Waals surface area contributed by atoms with Gasteiger partial charge in [0.15, 0.2) is 5.16 Å². The summed E-state index contributed by atoms with van der Waals surface area (Å²) in [6, 6.07) is 21.1. The molecule has 6 nitrogen and oxygen atoms in total. The summed E-state index contributed by atoms with van der Waals surface area (Å²) >= 11 is 3.14. The summed E-state index contributed by atoms with van der Waals surface area (Å²) in [5, 5.41) is 13.6. The predicted molar refractivity (Wildman–Crippen MR) is 125 cm³/mol. The molecule has 4 rings (SSSR count). The number of carbonyl (C=O) groups excluding carboxylic acids is 1. The molecular weight excluding hydrogens is 428 g/mol. The standard InChI is InChI=1S/C23H22N4O2S2/c1-17(31-23-26-24-16-27(23)14-13-21-8-5-15-30-21)22(28)25-18-9-11-20(12-10-18)29-19-6-3-2-4-7-19/h2-12,15-17H,13-14H2,1H3,(H,25,28). The summed E-state index contributed by atoms with van der Waals surface area (Å²) in [7, 11) is 0. The molecule has 2 heterocycles. The van der Waals surface area contributed by atoms with Crippen molar-refractivity contribution in [2.75, 3.05) is 5.32 Å². The average Bonchev–Trinajstić information content (AvgIpc) is 3.46. The van der Waals surface area contributed by atoms with Gasteiger partial charge in [0.2, 0.25) is 5.91 Å². The van der Waals surface area contributed by atoms with Crippen molar-refractivity contribution >= 4 is 34.7 Å². The molecule has 158 valence electrons. The van der Waals surface area contributed by atoms with Crippen LogP contribution in [0.2, 0.25) is 0 Å². The van der Waals surface area contributed by atoms with E-state index in [9.17, 15) is 4.79 Å². The van der Waals surface area contributed by atoms with Crippen LogP contribution >= 0.6 is 23.1 Å². The molecule has 31 heavy (non-hydrogen) atoms. The number of para-hydroxylation sites is 1. The lowest BCUT2D eigenvalue weighted by Gasteiger charge is -2.13. The molecular formula is C23H22N4O2S2. The van der Waals surface area contributed by atoms with Crippen LogP contribution in [0.1, 0.15) is 11.8 Å². The molecule has 8 heteroatoms. The van der Waals surface area contributed by atoms with Crippen LogP contribution in [0.4, 0.5) is 5.69 Å². The average molecular weight is 451 g/mol. The number of nitrogens with one attached hydrogen (secondary N) is 1. The molecule has 2 aromatic heterocycles. The van der Waals surface area contributed by atoms with E-state index >= 15 is 0 Å². The first-order valence-corrected chi connectivity index (χ1v) is 11.6. The van der Waals surface area contributed by atoms with Gasteiger partial charge in [0.05, 0.1) is 5.25 Å². The van der Waals surface area contributed by atoms with Gasteiger partial charge in [0, 0.05) is 17.1 Å². The van der Waals surface area contributed by atoms with Crippen molar-refractivity contribution in [1.82, 2.24) is 14.8 Å². The molecule has 0 aliphatic carbocycles. The zero-order chi connectivity index (χ0) is 21.5. The number of thiophene rings is 1. The molecule has 1 atom stereocenters. The van der Waals surface area contributed by atoms with Crippen molar-refractivity contribution in [2.45, 2.75) is 30.3 Å². The van der Waals surface area contributed by atoms with Gasteiger partial charge < -0.3 is 14.6 Å². The van der Waals surface area contributed by atoms with Crippen molar-refractivity contribution < 1.29 is 9.53 Å². The fourth-order valence-corrected chi connectivity index (χ4v) is 4.41. The number of thioether (sulfide) groups is 1. The molecule has 1 N–H and O–H groups in total. The Hall–Kier alpha value is -3.10. The molecule has 0 aliphatic rings. The Morgan fingerprint density at radius 1 is 1.10 bits per heavy atom. The van der Waals surface area contributed by atoms with E-state index in [0.717, 1.165) is 29.6 Å².